The second kappa shape index (κ2) is 7.98. The van der Waals surface area contributed by atoms with Gasteiger partial charge in [0, 0.05) is 11.3 Å². The Morgan fingerprint density at radius 3 is 2.52 bits per heavy atom. The van der Waals surface area contributed by atoms with Crippen LogP contribution in [0.5, 0.6) is 5.75 Å². The molecule has 2 rings (SSSR count). The van der Waals surface area contributed by atoms with Gasteiger partial charge in [-0.05, 0) is 38.1 Å². The lowest BCUT2D eigenvalue weighted by Gasteiger charge is -2.08. The third-order valence-electron chi connectivity index (χ3n) is 3.35. The summed E-state index contributed by atoms with van der Waals surface area (Å²) in [6.45, 7) is 4.00. The Bertz CT molecular complexity index is 694. The van der Waals surface area contributed by atoms with Crippen molar-refractivity contribution < 1.29 is 9.53 Å². The quantitative estimate of drug-likeness (QED) is 0.637. The van der Waals surface area contributed by atoms with Gasteiger partial charge in [-0.3, -0.25) is 4.79 Å². The van der Waals surface area contributed by atoms with Crippen LogP contribution in [0.1, 0.15) is 18.1 Å². The molecule has 0 bridgehead atoms. The van der Waals surface area contributed by atoms with E-state index in [2.05, 4.69) is 15.8 Å². The first kappa shape index (κ1) is 16.5. The van der Waals surface area contributed by atoms with Gasteiger partial charge in [-0.15, -0.1) is 0 Å². The van der Waals surface area contributed by atoms with Crippen molar-refractivity contribution in [3.63, 3.8) is 0 Å². The number of anilines is 1. The predicted molar refractivity (Wildman–Crippen MR) is 93.0 cm³/mol. The van der Waals surface area contributed by atoms with Crippen LogP contribution in [0.15, 0.2) is 53.6 Å². The Hall–Kier alpha value is -2.82. The number of carbonyl (C=O) groups excluding carboxylic acids is 1. The van der Waals surface area contributed by atoms with Gasteiger partial charge in [0.1, 0.15) is 5.75 Å². The second-order valence-corrected chi connectivity index (χ2v) is 5.15. The maximum Gasteiger partial charge on any atom is 0.259 e. The largest absolute Gasteiger partial charge is 0.496 e. The summed E-state index contributed by atoms with van der Waals surface area (Å²) in [5.41, 5.74) is 6.16. The SMILES string of the molecule is COc1ccccc1/C(C)=N/NC(=O)CNc1ccc(C)cc1. The molecule has 0 aliphatic heterocycles. The monoisotopic (exact) mass is 311 g/mol. The Labute approximate surface area is 136 Å². The minimum atomic E-state index is -0.208. The normalized spacial score (nSPS) is 11.0. The number of benzene rings is 2. The Kier molecular flexibility index (Phi) is 5.74. The predicted octanol–water partition coefficient (Wildman–Crippen LogP) is 2.96. The summed E-state index contributed by atoms with van der Waals surface area (Å²) in [5.74, 6) is 0.514. The molecule has 2 N–H and O–H groups in total. The van der Waals surface area contributed by atoms with Crippen LogP contribution in [0.2, 0.25) is 0 Å². The summed E-state index contributed by atoms with van der Waals surface area (Å²) in [4.78, 5) is 11.9. The average Bonchev–Trinajstić information content (AvgIpc) is 2.59. The third kappa shape index (κ3) is 4.85. The molecule has 0 aliphatic rings. The van der Waals surface area contributed by atoms with Gasteiger partial charge in [0.05, 0.1) is 19.4 Å². The molecule has 0 fully saturated rings. The van der Waals surface area contributed by atoms with Crippen LogP contribution in [0.3, 0.4) is 0 Å². The van der Waals surface area contributed by atoms with E-state index in [1.54, 1.807) is 7.11 Å². The number of ether oxygens (including phenoxy) is 1. The third-order valence-corrected chi connectivity index (χ3v) is 3.35. The summed E-state index contributed by atoms with van der Waals surface area (Å²) in [5, 5.41) is 7.18. The molecular formula is C18H21N3O2. The molecule has 5 nitrogen and oxygen atoms in total. The molecule has 23 heavy (non-hydrogen) atoms. The van der Waals surface area contributed by atoms with Gasteiger partial charge in [0.25, 0.3) is 5.91 Å². The number of amides is 1. The van der Waals surface area contributed by atoms with Gasteiger partial charge >= 0.3 is 0 Å². The number of nitrogens with one attached hydrogen (secondary N) is 2. The Morgan fingerprint density at radius 1 is 1.13 bits per heavy atom. The van der Waals surface area contributed by atoms with Crippen LogP contribution in [0.25, 0.3) is 0 Å². The van der Waals surface area contributed by atoms with Crippen LogP contribution >= 0.6 is 0 Å². The molecule has 0 heterocycles. The van der Waals surface area contributed by atoms with E-state index in [1.165, 1.54) is 5.56 Å². The van der Waals surface area contributed by atoms with Crippen molar-refractivity contribution in [1.82, 2.24) is 5.43 Å². The molecule has 0 spiro atoms. The molecule has 0 unspecified atom stereocenters. The highest BCUT2D eigenvalue weighted by Gasteiger charge is 2.06. The first-order valence-corrected chi connectivity index (χ1v) is 7.37. The van der Waals surface area contributed by atoms with Crippen molar-refractivity contribution in [2.45, 2.75) is 13.8 Å². The van der Waals surface area contributed by atoms with Gasteiger partial charge < -0.3 is 10.1 Å². The number of hydrogen-bond donors (Lipinski definition) is 2. The van der Waals surface area contributed by atoms with Crippen LogP contribution in [-0.2, 0) is 4.79 Å². The number of para-hydroxylation sites is 1. The summed E-state index contributed by atoms with van der Waals surface area (Å²) in [6.07, 6.45) is 0. The highest BCUT2D eigenvalue weighted by molar-refractivity contribution is 6.01. The number of carbonyl (C=O) groups is 1. The van der Waals surface area contributed by atoms with Gasteiger partial charge in [-0.25, -0.2) is 5.43 Å². The maximum atomic E-state index is 11.9. The van der Waals surface area contributed by atoms with E-state index in [-0.39, 0.29) is 12.5 Å². The number of nitrogens with zero attached hydrogens (tertiary/aromatic N) is 1. The van der Waals surface area contributed by atoms with E-state index in [4.69, 9.17) is 4.74 Å². The van der Waals surface area contributed by atoms with E-state index < -0.39 is 0 Å². The molecular weight excluding hydrogens is 290 g/mol. The molecule has 5 heteroatoms. The molecule has 0 radical (unpaired) electrons. The Morgan fingerprint density at radius 2 is 1.83 bits per heavy atom. The van der Waals surface area contributed by atoms with Gasteiger partial charge in [0.15, 0.2) is 0 Å². The molecule has 0 aromatic heterocycles. The van der Waals surface area contributed by atoms with Crippen molar-refractivity contribution >= 4 is 17.3 Å². The summed E-state index contributed by atoms with van der Waals surface area (Å²) >= 11 is 0. The molecule has 120 valence electrons. The smallest absolute Gasteiger partial charge is 0.259 e. The van der Waals surface area contributed by atoms with E-state index in [9.17, 15) is 4.79 Å². The van der Waals surface area contributed by atoms with E-state index in [0.717, 1.165) is 17.0 Å². The number of methoxy groups -OCH3 is 1. The standard InChI is InChI=1S/C18H21N3O2/c1-13-8-10-15(11-9-13)19-12-18(22)21-20-14(2)16-6-4-5-7-17(16)23-3/h4-11,19H,12H2,1-3H3,(H,21,22)/b20-14+. The fourth-order valence-electron chi connectivity index (χ4n) is 2.04. The van der Waals surface area contributed by atoms with Crippen LogP contribution in [0.4, 0.5) is 5.69 Å². The first-order valence-electron chi connectivity index (χ1n) is 7.37. The second-order valence-electron chi connectivity index (χ2n) is 5.15. The summed E-state index contributed by atoms with van der Waals surface area (Å²) in [6, 6.07) is 15.4. The van der Waals surface area contributed by atoms with Crippen LogP contribution in [0, 0.1) is 6.92 Å². The molecule has 2 aromatic carbocycles. The van der Waals surface area contributed by atoms with E-state index in [0.29, 0.717) is 5.71 Å². The lowest BCUT2D eigenvalue weighted by atomic mass is 10.1. The number of rotatable bonds is 6. The zero-order chi connectivity index (χ0) is 16.7. The molecule has 0 atom stereocenters. The van der Waals surface area contributed by atoms with Crippen molar-refractivity contribution in [3.05, 3.63) is 59.7 Å². The average molecular weight is 311 g/mol. The highest BCUT2D eigenvalue weighted by atomic mass is 16.5. The molecule has 1 amide bonds. The maximum absolute atomic E-state index is 11.9. The lowest BCUT2D eigenvalue weighted by Crippen LogP contribution is -2.26. The van der Waals surface area contributed by atoms with Crippen molar-refractivity contribution in [2.75, 3.05) is 19.0 Å². The number of hydrazone groups is 1. The van der Waals surface area contributed by atoms with Crippen molar-refractivity contribution in [3.8, 4) is 5.75 Å². The van der Waals surface area contributed by atoms with Crippen molar-refractivity contribution in [2.24, 2.45) is 5.10 Å². The molecule has 2 aromatic rings. The molecule has 0 aliphatic carbocycles. The number of hydrogen-bond acceptors (Lipinski definition) is 4. The minimum absolute atomic E-state index is 0.158. The van der Waals surface area contributed by atoms with Crippen LogP contribution < -0.4 is 15.5 Å². The topological polar surface area (TPSA) is 62.7 Å². The van der Waals surface area contributed by atoms with Crippen LogP contribution in [-0.4, -0.2) is 25.3 Å². The van der Waals surface area contributed by atoms with Gasteiger partial charge in [-0.2, -0.15) is 5.10 Å². The van der Waals surface area contributed by atoms with E-state index in [1.807, 2.05) is 62.4 Å². The first-order chi connectivity index (χ1) is 11.1. The molecule has 0 saturated carbocycles. The fraction of sp³-hybridized carbons (Fsp3) is 0.222. The van der Waals surface area contributed by atoms with Crippen molar-refractivity contribution in [1.29, 1.82) is 0 Å². The zero-order valence-corrected chi connectivity index (χ0v) is 13.6. The zero-order valence-electron chi connectivity index (χ0n) is 13.6. The fourth-order valence-corrected chi connectivity index (χ4v) is 2.04. The minimum Gasteiger partial charge on any atom is -0.496 e. The summed E-state index contributed by atoms with van der Waals surface area (Å²) in [7, 11) is 1.61. The van der Waals surface area contributed by atoms with Gasteiger partial charge in [0.2, 0.25) is 0 Å². The van der Waals surface area contributed by atoms with E-state index >= 15 is 0 Å². The number of aryl methyl sites for hydroxylation is 1. The summed E-state index contributed by atoms with van der Waals surface area (Å²) < 4.78 is 5.28. The lowest BCUT2D eigenvalue weighted by molar-refractivity contribution is -0.119. The highest BCUT2D eigenvalue weighted by Crippen LogP contribution is 2.17. The van der Waals surface area contributed by atoms with Gasteiger partial charge in [-0.1, -0.05) is 29.8 Å². The Balaban J connectivity index is 1.91. The molecule has 0 saturated heterocycles.